The molecule has 10 rings (SSSR count). The van der Waals surface area contributed by atoms with E-state index < -0.39 is 0 Å². The van der Waals surface area contributed by atoms with Gasteiger partial charge in [0.1, 0.15) is 11.6 Å². The van der Waals surface area contributed by atoms with E-state index in [0.29, 0.717) is 11.4 Å². The van der Waals surface area contributed by atoms with E-state index in [1.165, 1.54) is 11.1 Å². The van der Waals surface area contributed by atoms with Crippen molar-refractivity contribution in [1.29, 1.82) is 0 Å². The molecule has 4 nitrogen and oxygen atoms in total. The van der Waals surface area contributed by atoms with Crippen LogP contribution in [-0.4, -0.2) is 19.6 Å². The molecule has 0 saturated carbocycles. The molecule has 338 valence electrons. The molecule has 68 heavy (non-hydrogen) atoms. The fourth-order valence-electron chi connectivity index (χ4n) is 9.14. The van der Waals surface area contributed by atoms with Gasteiger partial charge in [0.2, 0.25) is 0 Å². The number of hydrogen-bond donors (Lipinski definition) is 1. The third-order valence-corrected chi connectivity index (χ3v) is 12.8. The van der Waals surface area contributed by atoms with Gasteiger partial charge in [-0.3, -0.25) is 9.55 Å². The van der Waals surface area contributed by atoms with Crippen LogP contribution >= 0.6 is 0 Å². The Bertz CT molecular complexity index is 3380. The van der Waals surface area contributed by atoms with Crippen LogP contribution in [0.3, 0.4) is 0 Å². The quantitative estimate of drug-likeness (QED) is 0.147. The molecule has 2 heterocycles. The van der Waals surface area contributed by atoms with Gasteiger partial charge in [0.25, 0.3) is 0 Å². The van der Waals surface area contributed by atoms with E-state index in [-0.39, 0.29) is 37.6 Å². The molecule has 1 N–H and O–H groups in total. The van der Waals surface area contributed by atoms with Gasteiger partial charge in [-0.05, 0) is 80.5 Å². The maximum absolute atomic E-state index is 12.5. The molecule has 0 aliphatic carbocycles. The molecule has 5 heteroatoms. The SMILES string of the molecule is CC(C)(C)c1cc(-c2nc3c(-c4[c-]c(-c5cc(-c6ccc(Cc7ccccc7)cc6)ccn5)cc(-c5ccccc5)c4)cccc3n2-c2ccccc2-c2ccccc2)c(O)c(C(C)(C)C)c1.[Pt]. The molecule has 0 saturated heterocycles. The van der Waals surface area contributed by atoms with Crippen molar-refractivity contribution in [2.75, 3.05) is 0 Å². The number of fused-ring (bicyclic) bond motifs is 1. The first kappa shape index (κ1) is 46.0. The number of hydrogen-bond acceptors (Lipinski definition) is 3. The van der Waals surface area contributed by atoms with Crippen molar-refractivity contribution >= 4 is 11.0 Å². The summed E-state index contributed by atoms with van der Waals surface area (Å²) in [5, 5.41) is 12.5. The molecule has 0 aliphatic rings. The first-order valence-electron chi connectivity index (χ1n) is 23.2. The van der Waals surface area contributed by atoms with E-state index >= 15 is 0 Å². The Morgan fingerprint density at radius 2 is 1.10 bits per heavy atom. The Morgan fingerprint density at radius 3 is 1.79 bits per heavy atom. The summed E-state index contributed by atoms with van der Waals surface area (Å²) in [7, 11) is 0. The fraction of sp³-hybridized carbons (Fsp3) is 0.143. The maximum Gasteiger partial charge on any atom is 0.148 e. The second kappa shape index (κ2) is 18.9. The smallest absolute Gasteiger partial charge is 0.148 e. The van der Waals surface area contributed by atoms with Crippen LogP contribution in [0.4, 0.5) is 0 Å². The van der Waals surface area contributed by atoms with Gasteiger partial charge in [-0.1, -0.05) is 216 Å². The Kier molecular flexibility index (Phi) is 12.8. The molecule has 0 unspecified atom stereocenters. The van der Waals surface area contributed by atoms with Crippen molar-refractivity contribution in [1.82, 2.24) is 14.5 Å². The first-order chi connectivity index (χ1) is 32.4. The third-order valence-electron chi connectivity index (χ3n) is 12.8. The summed E-state index contributed by atoms with van der Waals surface area (Å²) in [5.41, 5.74) is 17.5. The van der Waals surface area contributed by atoms with E-state index in [4.69, 9.17) is 9.97 Å². The van der Waals surface area contributed by atoms with Crippen LogP contribution in [0.15, 0.2) is 200 Å². The standard InChI is InChI=1S/C63H54N3O.Pt/c1-62(2,3)51-40-54(60(67)55(41-51)63(4,5)6)61-65-59-53(26-18-28-58(59)66(61)57-27-17-16-25-52(57)46-23-14-9-15-24-46)49-36-48(44-21-12-8-13-22-44)37-50(38-49)56-39-47(33-34-64-56)45-31-29-43(30-32-45)35-42-19-10-7-11-20-42;/h7-34,36-37,39-41,67H,35H2,1-6H3;/q-1;. The van der Waals surface area contributed by atoms with Gasteiger partial charge in [-0.15, -0.1) is 23.8 Å². The number of imidazole rings is 1. The van der Waals surface area contributed by atoms with Crippen LogP contribution in [0.1, 0.15) is 63.8 Å². The summed E-state index contributed by atoms with van der Waals surface area (Å²) in [6, 6.07) is 72.1. The summed E-state index contributed by atoms with van der Waals surface area (Å²) < 4.78 is 2.24. The summed E-state index contributed by atoms with van der Waals surface area (Å²) >= 11 is 0. The number of rotatable bonds is 9. The minimum Gasteiger partial charge on any atom is -0.507 e. The predicted molar refractivity (Wildman–Crippen MR) is 279 cm³/mol. The first-order valence-corrected chi connectivity index (χ1v) is 23.2. The van der Waals surface area contributed by atoms with Gasteiger partial charge in [-0.2, -0.15) is 0 Å². The van der Waals surface area contributed by atoms with Crippen molar-refractivity contribution < 1.29 is 26.2 Å². The van der Waals surface area contributed by atoms with Crippen LogP contribution in [0.25, 0.3) is 83.9 Å². The van der Waals surface area contributed by atoms with Crippen LogP contribution in [0.5, 0.6) is 5.75 Å². The zero-order valence-electron chi connectivity index (χ0n) is 39.4. The Balaban J connectivity index is 0.00000578. The Labute approximate surface area is 415 Å². The number of para-hydroxylation sites is 2. The number of pyridine rings is 1. The van der Waals surface area contributed by atoms with Crippen LogP contribution in [-0.2, 0) is 38.3 Å². The zero-order chi connectivity index (χ0) is 46.3. The van der Waals surface area contributed by atoms with E-state index in [1.54, 1.807) is 0 Å². The van der Waals surface area contributed by atoms with E-state index in [0.717, 1.165) is 90.0 Å². The average Bonchev–Trinajstić information content (AvgIpc) is 3.74. The summed E-state index contributed by atoms with van der Waals surface area (Å²) in [4.78, 5) is 10.6. The van der Waals surface area contributed by atoms with Crippen molar-refractivity contribution in [3.63, 3.8) is 0 Å². The molecule has 2 aromatic heterocycles. The van der Waals surface area contributed by atoms with Crippen LogP contribution in [0, 0.1) is 6.07 Å². The average molecular weight is 1060 g/mol. The molecular formula is C63H54N3OPt-. The molecule has 10 aromatic rings. The van der Waals surface area contributed by atoms with Gasteiger partial charge >= 0.3 is 0 Å². The second-order valence-electron chi connectivity index (χ2n) is 19.6. The monoisotopic (exact) mass is 1060 g/mol. The number of aromatic nitrogens is 3. The third kappa shape index (κ3) is 9.26. The summed E-state index contributed by atoms with van der Waals surface area (Å²) in [5.74, 6) is 0.913. The van der Waals surface area contributed by atoms with Crippen LogP contribution < -0.4 is 0 Å². The van der Waals surface area contributed by atoms with Crippen molar-refractivity contribution in [2.24, 2.45) is 0 Å². The van der Waals surface area contributed by atoms with Crippen molar-refractivity contribution in [2.45, 2.75) is 58.8 Å². The topological polar surface area (TPSA) is 50.9 Å². The van der Waals surface area contributed by atoms with Gasteiger partial charge in [0.05, 0.1) is 22.3 Å². The number of aromatic hydroxyl groups is 1. The van der Waals surface area contributed by atoms with E-state index in [2.05, 4.69) is 234 Å². The molecular weight excluding hydrogens is 1010 g/mol. The number of benzene rings is 8. The summed E-state index contributed by atoms with van der Waals surface area (Å²) in [6.07, 6.45) is 2.79. The largest absolute Gasteiger partial charge is 0.507 e. The van der Waals surface area contributed by atoms with Gasteiger partial charge in [0.15, 0.2) is 0 Å². The molecule has 0 aliphatic heterocycles. The van der Waals surface area contributed by atoms with Crippen molar-refractivity contribution in [3.05, 3.63) is 229 Å². The molecule has 0 bridgehead atoms. The van der Waals surface area contributed by atoms with Gasteiger partial charge in [0, 0.05) is 44.1 Å². The van der Waals surface area contributed by atoms with Crippen molar-refractivity contribution in [3.8, 4) is 78.6 Å². The number of phenolic OH excluding ortho intramolecular Hbond substituents is 1. The number of phenols is 1. The normalized spacial score (nSPS) is 11.7. The minimum absolute atomic E-state index is 0. The molecule has 0 spiro atoms. The molecule has 8 aromatic carbocycles. The molecule has 0 atom stereocenters. The number of nitrogens with zero attached hydrogens (tertiary/aromatic N) is 3. The Morgan fingerprint density at radius 1 is 0.500 bits per heavy atom. The fourth-order valence-corrected chi connectivity index (χ4v) is 9.14. The maximum atomic E-state index is 12.5. The molecule has 0 amide bonds. The molecule has 0 fully saturated rings. The predicted octanol–water partition coefficient (Wildman–Crippen LogP) is 16.1. The Hall–Kier alpha value is -7.13. The van der Waals surface area contributed by atoms with E-state index in [9.17, 15) is 5.11 Å². The zero-order valence-corrected chi connectivity index (χ0v) is 41.6. The van der Waals surface area contributed by atoms with Gasteiger partial charge in [-0.25, -0.2) is 4.98 Å². The van der Waals surface area contributed by atoms with Gasteiger partial charge < -0.3 is 5.11 Å². The van der Waals surface area contributed by atoms with Crippen LogP contribution in [0.2, 0.25) is 0 Å². The molecule has 0 radical (unpaired) electrons. The second-order valence-corrected chi connectivity index (χ2v) is 19.6. The van der Waals surface area contributed by atoms with E-state index in [1.807, 2.05) is 18.3 Å². The summed E-state index contributed by atoms with van der Waals surface area (Å²) in [6.45, 7) is 13.1. The minimum atomic E-state index is -0.329.